The highest BCUT2D eigenvalue weighted by Crippen LogP contribution is 2.67. The van der Waals surface area contributed by atoms with Gasteiger partial charge >= 0.3 is 0 Å². The summed E-state index contributed by atoms with van der Waals surface area (Å²) in [5.41, 5.74) is 2.85. The number of hydrogen-bond donors (Lipinski definition) is 0. The first-order chi connectivity index (χ1) is 28.7. The number of hydrogen-bond acceptors (Lipinski definition) is 1. The first-order valence-electron chi connectivity index (χ1n) is 27.3. The summed E-state index contributed by atoms with van der Waals surface area (Å²) in [5.74, 6) is 6.49. The molecule has 0 radical (unpaired) electrons. The summed E-state index contributed by atoms with van der Waals surface area (Å²) in [7, 11) is 0. The SMILES string of the molecule is CC.CC.CCCCC/C=C\C/C=C\CCCCCCCCCCC(CC)CCCCO[C@H]1CC[C@@]2(C)C(=CCC3C4CCC(C(C)CCCC(C)C)[C@@]4(C)CCC32)C1. The fourth-order valence-corrected chi connectivity index (χ4v) is 12.9. The van der Waals surface area contributed by atoms with Gasteiger partial charge in [0, 0.05) is 6.61 Å². The fraction of sp³-hybridized carbons (Fsp3) is 0.897. The lowest BCUT2D eigenvalue weighted by atomic mass is 9.47. The summed E-state index contributed by atoms with van der Waals surface area (Å²) in [6, 6.07) is 0. The molecule has 346 valence electrons. The Morgan fingerprint density at radius 1 is 0.644 bits per heavy atom. The van der Waals surface area contributed by atoms with Gasteiger partial charge in [-0.15, -0.1) is 0 Å². The quantitative estimate of drug-likeness (QED) is 0.0539. The van der Waals surface area contributed by atoms with Gasteiger partial charge in [0.1, 0.15) is 0 Å². The molecule has 4 aliphatic carbocycles. The van der Waals surface area contributed by atoms with Crippen LogP contribution in [0.15, 0.2) is 36.0 Å². The van der Waals surface area contributed by atoms with E-state index >= 15 is 0 Å². The van der Waals surface area contributed by atoms with Gasteiger partial charge in [0.2, 0.25) is 0 Å². The standard InChI is InChI=1S/C54H96O.2C2H6/c1-8-10-11-12-13-14-15-16-17-18-19-20-21-22-23-24-25-26-32-46(9-2)33-27-28-42-55-48-38-40-53(6)47(43-48)34-35-49-51-37-36-50(45(5)31-29-30-44(3)4)54(51,7)41-39-52(49)53;2*1-2/h13-14,16-17,34,44-46,48-52H,8-12,15,18-33,35-43H2,1-7H3;2*1-2H3/b14-13-,17-16-;;/t45?,46?,48-,49?,50?,51?,52?,53-,54+;;/m0../s1. The van der Waals surface area contributed by atoms with Gasteiger partial charge in [0.15, 0.2) is 0 Å². The van der Waals surface area contributed by atoms with Gasteiger partial charge < -0.3 is 4.74 Å². The largest absolute Gasteiger partial charge is 0.378 e. The third-order valence-corrected chi connectivity index (χ3v) is 16.5. The second-order valence-electron chi connectivity index (χ2n) is 20.9. The van der Waals surface area contributed by atoms with E-state index in [1.54, 1.807) is 5.57 Å². The van der Waals surface area contributed by atoms with Crippen LogP contribution in [-0.4, -0.2) is 12.7 Å². The van der Waals surface area contributed by atoms with E-state index in [-0.39, 0.29) is 0 Å². The van der Waals surface area contributed by atoms with Crippen LogP contribution in [0.4, 0.5) is 0 Å². The summed E-state index contributed by atoms with van der Waals surface area (Å²) in [4.78, 5) is 0. The maximum atomic E-state index is 6.65. The predicted octanol–water partition coefficient (Wildman–Crippen LogP) is 19.6. The molecule has 3 fully saturated rings. The van der Waals surface area contributed by atoms with Gasteiger partial charge in [-0.2, -0.15) is 0 Å². The molecule has 4 aliphatic rings. The molecule has 59 heavy (non-hydrogen) atoms. The van der Waals surface area contributed by atoms with Crippen molar-refractivity contribution in [2.45, 2.75) is 275 Å². The average Bonchev–Trinajstić information content (AvgIpc) is 3.61. The Balaban J connectivity index is 0.00000291. The molecule has 0 aromatic carbocycles. The Hall–Kier alpha value is -0.820. The van der Waals surface area contributed by atoms with Gasteiger partial charge in [-0.3, -0.25) is 0 Å². The van der Waals surface area contributed by atoms with Gasteiger partial charge in [-0.1, -0.05) is 215 Å². The Morgan fingerprint density at radius 2 is 1.27 bits per heavy atom. The zero-order valence-electron chi connectivity index (χ0n) is 42.3. The van der Waals surface area contributed by atoms with Crippen molar-refractivity contribution in [1.82, 2.24) is 0 Å². The Bertz CT molecular complexity index is 1100. The molecule has 0 aromatic heterocycles. The highest BCUT2D eigenvalue weighted by atomic mass is 16.5. The van der Waals surface area contributed by atoms with E-state index < -0.39 is 0 Å². The van der Waals surface area contributed by atoms with Crippen molar-refractivity contribution in [1.29, 1.82) is 0 Å². The smallest absolute Gasteiger partial charge is 0.0612 e. The second kappa shape index (κ2) is 31.9. The number of rotatable bonds is 29. The predicted molar refractivity (Wildman–Crippen MR) is 266 cm³/mol. The molecule has 0 amide bonds. The van der Waals surface area contributed by atoms with Crippen LogP contribution in [0.2, 0.25) is 0 Å². The van der Waals surface area contributed by atoms with Crippen LogP contribution in [0, 0.1) is 52.3 Å². The van der Waals surface area contributed by atoms with E-state index in [1.165, 1.54) is 186 Å². The van der Waals surface area contributed by atoms with E-state index in [0.717, 1.165) is 54.5 Å². The highest BCUT2D eigenvalue weighted by Gasteiger charge is 2.59. The molecule has 1 nitrogen and oxygen atoms in total. The number of ether oxygens (including phenoxy) is 1. The number of fused-ring (bicyclic) bond motifs is 5. The molecule has 0 spiro atoms. The van der Waals surface area contributed by atoms with Gasteiger partial charge in [-0.05, 0) is 142 Å². The zero-order valence-corrected chi connectivity index (χ0v) is 42.3. The third kappa shape index (κ3) is 18.4. The Morgan fingerprint density at radius 3 is 1.92 bits per heavy atom. The number of unbranched alkanes of at least 4 members (excludes halogenated alkanes) is 12. The molecule has 0 aliphatic heterocycles. The Labute approximate surface area is 373 Å². The van der Waals surface area contributed by atoms with Crippen molar-refractivity contribution in [2.75, 3.05) is 6.61 Å². The molecule has 0 aromatic rings. The molecule has 6 unspecified atom stereocenters. The zero-order chi connectivity index (χ0) is 43.4. The van der Waals surface area contributed by atoms with Crippen LogP contribution in [-0.2, 0) is 4.74 Å². The van der Waals surface area contributed by atoms with Gasteiger partial charge in [0.25, 0.3) is 0 Å². The summed E-state index contributed by atoms with van der Waals surface area (Å²) in [6.07, 6.45) is 54.3. The van der Waals surface area contributed by atoms with Crippen molar-refractivity contribution in [3.8, 4) is 0 Å². The van der Waals surface area contributed by atoms with Crippen LogP contribution in [0.1, 0.15) is 269 Å². The van der Waals surface area contributed by atoms with E-state index in [1.807, 2.05) is 27.7 Å². The van der Waals surface area contributed by atoms with Gasteiger partial charge in [-0.25, -0.2) is 0 Å². The normalized spacial score (nSPS) is 28.6. The van der Waals surface area contributed by atoms with Crippen molar-refractivity contribution >= 4 is 0 Å². The lowest BCUT2D eigenvalue weighted by molar-refractivity contribution is -0.0641. The van der Waals surface area contributed by atoms with E-state index in [0.29, 0.717) is 16.9 Å². The van der Waals surface area contributed by atoms with Crippen molar-refractivity contribution < 1.29 is 4.74 Å². The molecule has 0 N–H and O–H groups in total. The maximum Gasteiger partial charge on any atom is 0.0612 e. The summed E-state index contributed by atoms with van der Waals surface area (Å²) >= 11 is 0. The summed E-state index contributed by atoms with van der Waals surface area (Å²) in [5, 5.41) is 0. The molecule has 3 saturated carbocycles. The lowest BCUT2D eigenvalue weighted by Crippen LogP contribution is -2.51. The molecule has 1 heteroatoms. The average molecular weight is 822 g/mol. The summed E-state index contributed by atoms with van der Waals surface area (Å²) in [6.45, 7) is 26.5. The minimum Gasteiger partial charge on any atom is -0.378 e. The highest BCUT2D eigenvalue weighted by molar-refractivity contribution is 5.25. The van der Waals surface area contributed by atoms with Crippen molar-refractivity contribution in [3.63, 3.8) is 0 Å². The fourth-order valence-electron chi connectivity index (χ4n) is 12.9. The molecular formula is C58H108O. The number of allylic oxidation sites excluding steroid dienone is 5. The van der Waals surface area contributed by atoms with E-state index in [2.05, 4.69) is 78.8 Å². The Kier molecular flexibility index (Phi) is 29.4. The maximum absolute atomic E-state index is 6.65. The van der Waals surface area contributed by atoms with Crippen molar-refractivity contribution in [3.05, 3.63) is 36.0 Å². The molecule has 9 atom stereocenters. The molecular weight excluding hydrogens is 713 g/mol. The topological polar surface area (TPSA) is 9.23 Å². The van der Waals surface area contributed by atoms with E-state index in [9.17, 15) is 0 Å². The van der Waals surface area contributed by atoms with Gasteiger partial charge in [0.05, 0.1) is 6.10 Å². The first-order valence-corrected chi connectivity index (χ1v) is 27.3. The van der Waals surface area contributed by atoms with Crippen LogP contribution in [0.5, 0.6) is 0 Å². The lowest BCUT2D eigenvalue weighted by Gasteiger charge is -2.58. The van der Waals surface area contributed by atoms with Crippen LogP contribution in [0.25, 0.3) is 0 Å². The molecule has 0 bridgehead atoms. The second-order valence-corrected chi connectivity index (χ2v) is 20.9. The van der Waals surface area contributed by atoms with Crippen LogP contribution in [0.3, 0.4) is 0 Å². The molecule has 4 rings (SSSR count). The first kappa shape index (κ1) is 54.3. The van der Waals surface area contributed by atoms with E-state index in [4.69, 9.17) is 4.74 Å². The van der Waals surface area contributed by atoms with Crippen LogP contribution < -0.4 is 0 Å². The minimum absolute atomic E-state index is 0.446. The van der Waals surface area contributed by atoms with Crippen molar-refractivity contribution in [2.24, 2.45) is 52.3 Å². The molecule has 0 heterocycles. The van der Waals surface area contributed by atoms with Crippen LogP contribution >= 0.6 is 0 Å². The summed E-state index contributed by atoms with van der Waals surface area (Å²) < 4.78 is 6.65. The minimum atomic E-state index is 0.446. The monoisotopic (exact) mass is 821 g/mol. The molecule has 0 saturated heterocycles. The third-order valence-electron chi connectivity index (χ3n) is 16.5.